The summed E-state index contributed by atoms with van der Waals surface area (Å²) in [7, 11) is -4.33. The maximum atomic E-state index is 14.4. The van der Waals surface area contributed by atoms with Gasteiger partial charge in [-0.2, -0.15) is 0 Å². The van der Waals surface area contributed by atoms with Crippen molar-refractivity contribution in [1.29, 1.82) is 0 Å². The largest absolute Gasteiger partial charge is 0.354 e. The van der Waals surface area contributed by atoms with Gasteiger partial charge in [-0.05, 0) is 60.0 Å². The fourth-order valence-corrected chi connectivity index (χ4v) is 6.46. The summed E-state index contributed by atoms with van der Waals surface area (Å²) >= 11 is 12.3. The van der Waals surface area contributed by atoms with Crippen molar-refractivity contribution in [3.8, 4) is 0 Å². The van der Waals surface area contributed by atoms with Crippen molar-refractivity contribution in [2.75, 3.05) is 17.4 Å². The predicted octanol–water partition coefficient (Wildman–Crippen LogP) is 6.49. The van der Waals surface area contributed by atoms with Crippen molar-refractivity contribution in [3.05, 3.63) is 130 Å². The van der Waals surface area contributed by atoms with Gasteiger partial charge in [-0.3, -0.25) is 13.9 Å². The molecule has 11 heteroatoms. The van der Waals surface area contributed by atoms with Crippen molar-refractivity contribution < 1.29 is 22.4 Å². The second kappa shape index (κ2) is 15.2. The third-order valence-corrected chi connectivity index (χ3v) is 9.18. The Bertz CT molecular complexity index is 1690. The van der Waals surface area contributed by atoms with E-state index in [9.17, 15) is 22.4 Å². The zero-order chi connectivity index (χ0) is 31.7. The van der Waals surface area contributed by atoms with Crippen LogP contribution in [0.15, 0.2) is 108 Å². The highest BCUT2D eigenvalue weighted by atomic mass is 35.5. The average Bonchev–Trinajstić information content (AvgIpc) is 3.02. The number of carbonyl (C=O) groups is 2. The summed E-state index contributed by atoms with van der Waals surface area (Å²) in [4.78, 5) is 29.3. The van der Waals surface area contributed by atoms with Crippen LogP contribution in [-0.2, 0) is 32.6 Å². The Balaban J connectivity index is 1.81. The Labute approximate surface area is 267 Å². The van der Waals surface area contributed by atoms with Crippen LogP contribution in [0.5, 0.6) is 0 Å². The number of rotatable bonds is 13. The zero-order valence-corrected chi connectivity index (χ0v) is 26.3. The van der Waals surface area contributed by atoms with Crippen molar-refractivity contribution in [2.45, 2.75) is 37.2 Å². The van der Waals surface area contributed by atoms with Gasteiger partial charge in [0.2, 0.25) is 11.8 Å². The Morgan fingerprint density at radius 3 is 2.16 bits per heavy atom. The van der Waals surface area contributed by atoms with Gasteiger partial charge in [0.15, 0.2) is 0 Å². The molecule has 0 heterocycles. The first-order chi connectivity index (χ1) is 21.1. The van der Waals surface area contributed by atoms with Crippen molar-refractivity contribution in [1.82, 2.24) is 10.2 Å². The molecule has 0 aliphatic rings. The summed E-state index contributed by atoms with van der Waals surface area (Å²) in [5.74, 6) is -1.78. The summed E-state index contributed by atoms with van der Waals surface area (Å²) in [6.45, 7) is 1.60. The lowest BCUT2D eigenvalue weighted by atomic mass is 10.0. The van der Waals surface area contributed by atoms with Crippen LogP contribution >= 0.6 is 23.2 Å². The number of anilines is 1. The molecule has 0 aliphatic heterocycles. The number of nitrogens with zero attached hydrogens (tertiary/aromatic N) is 2. The molecule has 0 bridgehead atoms. The molecule has 1 N–H and O–H groups in total. The van der Waals surface area contributed by atoms with E-state index in [1.54, 1.807) is 42.5 Å². The summed E-state index contributed by atoms with van der Waals surface area (Å²) in [5.41, 5.74) is 1.45. The van der Waals surface area contributed by atoms with E-state index in [1.165, 1.54) is 23.1 Å². The smallest absolute Gasteiger partial charge is 0.264 e. The van der Waals surface area contributed by atoms with Gasteiger partial charge >= 0.3 is 0 Å². The molecule has 0 fully saturated rings. The van der Waals surface area contributed by atoms with Gasteiger partial charge in [0, 0.05) is 24.5 Å². The highest BCUT2D eigenvalue weighted by molar-refractivity contribution is 7.92. The van der Waals surface area contributed by atoms with Gasteiger partial charge < -0.3 is 10.2 Å². The van der Waals surface area contributed by atoms with Crippen molar-refractivity contribution in [2.24, 2.45) is 0 Å². The molecule has 0 spiro atoms. The highest BCUT2D eigenvalue weighted by Crippen LogP contribution is 2.28. The SMILES string of the molecule is CCCNC(=O)[C@H](Cc1ccccc1)N(Cc1cccc(Cl)c1)C(=O)CN(c1ccc(F)c(Cl)c1)S(=O)(=O)c1ccccc1. The summed E-state index contributed by atoms with van der Waals surface area (Å²) in [6, 6.07) is 26.2. The third kappa shape index (κ3) is 8.37. The van der Waals surface area contributed by atoms with Crippen LogP contribution in [0.4, 0.5) is 10.1 Å². The van der Waals surface area contributed by atoms with Crippen molar-refractivity contribution in [3.63, 3.8) is 0 Å². The number of carbonyl (C=O) groups excluding carboxylic acids is 2. The second-order valence-electron chi connectivity index (χ2n) is 10.1. The Hall–Kier alpha value is -3.92. The zero-order valence-electron chi connectivity index (χ0n) is 24.0. The topological polar surface area (TPSA) is 86.8 Å². The maximum Gasteiger partial charge on any atom is 0.264 e. The van der Waals surface area contributed by atoms with E-state index in [0.29, 0.717) is 23.6 Å². The standard InChI is InChI=1S/C33H32Cl2FN3O4S/c1-2-18-37-33(41)31(20-24-10-5-3-6-11-24)38(22-25-12-9-13-26(34)19-25)32(40)23-39(27-16-17-30(36)29(35)21-27)44(42,43)28-14-7-4-8-15-28/h3-17,19,21,31H,2,18,20,22-23H2,1H3,(H,37,41)/t31-/m0/s1. The first-order valence-corrected chi connectivity index (χ1v) is 16.2. The molecule has 0 saturated carbocycles. The molecule has 0 aromatic heterocycles. The third-order valence-electron chi connectivity index (χ3n) is 6.86. The van der Waals surface area contributed by atoms with E-state index >= 15 is 0 Å². The molecule has 4 aromatic rings. The second-order valence-corrected chi connectivity index (χ2v) is 12.8. The Morgan fingerprint density at radius 1 is 0.864 bits per heavy atom. The predicted molar refractivity (Wildman–Crippen MR) is 172 cm³/mol. The van der Waals surface area contributed by atoms with E-state index in [2.05, 4.69) is 5.32 Å². The van der Waals surface area contributed by atoms with Gasteiger partial charge in [-0.25, -0.2) is 12.8 Å². The fraction of sp³-hybridized carbons (Fsp3) is 0.212. The molecule has 4 aromatic carbocycles. The van der Waals surface area contributed by atoms with Gasteiger partial charge in [0.25, 0.3) is 10.0 Å². The molecule has 230 valence electrons. The minimum Gasteiger partial charge on any atom is -0.354 e. The number of halogens is 3. The van der Waals surface area contributed by atoms with Crippen LogP contribution in [0.25, 0.3) is 0 Å². The van der Waals surface area contributed by atoms with E-state index < -0.39 is 34.3 Å². The summed E-state index contributed by atoms with van der Waals surface area (Å²) in [5, 5.41) is 3.03. The Kier molecular flexibility index (Phi) is 11.4. The van der Waals surface area contributed by atoms with E-state index in [4.69, 9.17) is 23.2 Å². The molecule has 0 aliphatic carbocycles. The minimum atomic E-state index is -4.33. The molecule has 1 atom stereocenters. The summed E-state index contributed by atoms with van der Waals surface area (Å²) < 4.78 is 42.9. The number of nitrogens with one attached hydrogen (secondary N) is 1. The molecular formula is C33H32Cl2FN3O4S. The van der Waals surface area contributed by atoms with Crippen LogP contribution < -0.4 is 9.62 Å². The number of amides is 2. The maximum absolute atomic E-state index is 14.4. The van der Waals surface area contributed by atoms with Crippen LogP contribution in [0.3, 0.4) is 0 Å². The molecule has 44 heavy (non-hydrogen) atoms. The highest BCUT2D eigenvalue weighted by Gasteiger charge is 2.34. The lowest BCUT2D eigenvalue weighted by molar-refractivity contribution is -0.140. The lowest BCUT2D eigenvalue weighted by Gasteiger charge is -2.34. The van der Waals surface area contributed by atoms with Gasteiger partial charge in [-0.15, -0.1) is 0 Å². The molecular weight excluding hydrogens is 624 g/mol. The lowest BCUT2D eigenvalue weighted by Crippen LogP contribution is -2.53. The van der Waals surface area contributed by atoms with Crippen LogP contribution in [-0.4, -0.2) is 44.3 Å². The molecule has 2 amide bonds. The van der Waals surface area contributed by atoms with Crippen LogP contribution in [0, 0.1) is 5.82 Å². The van der Waals surface area contributed by atoms with Gasteiger partial charge in [0.05, 0.1) is 15.6 Å². The number of sulfonamides is 1. The minimum absolute atomic E-state index is 0.00801. The number of benzene rings is 4. The Morgan fingerprint density at radius 2 is 1.52 bits per heavy atom. The first kappa shape index (κ1) is 33.0. The number of hydrogen-bond acceptors (Lipinski definition) is 4. The van der Waals surface area contributed by atoms with E-state index in [1.807, 2.05) is 37.3 Å². The van der Waals surface area contributed by atoms with Crippen LogP contribution in [0.2, 0.25) is 10.0 Å². The quantitative estimate of drug-likeness (QED) is 0.178. The fourth-order valence-electron chi connectivity index (χ4n) is 4.64. The van der Waals surface area contributed by atoms with Gasteiger partial charge in [0.1, 0.15) is 18.4 Å². The molecule has 0 unspecified atom stereocenters. The average molecular weight is 657 g/mol. The number of hydrogen-bond donors (Lipinski definition) is 1. The molecule has 0 saturated heterocycles. The molecule has 7 nitrogen and oxygen atoms in total. The first-order valence-electron chi connectivity index (χ1n) is 14.0. The normalized spacial score (nSPS) is 11.9. The monoisotopic (exact) mass is 655 g/mol. The van der Waals surface area contributed by atoms with Crippen LogP contribution in [0.1, 0.15) is 24.5 Å². The van der Waals surface area contributed by atoms with E-state index in [-0.39, 0.29) is 34.5 Å². The molecule has 4 rings (SSSR count). The van der Waals surface area contributed by atoms with E-state index in [0.717, 1.165) is 22.0 Å². The molecule has 0 radical (unpaired) electrons. The van der Waals surface area contributed by atoms with Gasteiger partial charge in [-0.1, -0.05) is 90.8 Å². The summed E-state index contributed by atoms with van der Waals surface area (Å²) in [6.07, 6.45) is 0.858. The van der Waals surface area contributed by atoms with Crippen molar-refractivity contribution >= 4 is 50.7 Å².